The highest BCUT2D eigenvalue weighted by Crippen LogP contribution is 2.26. The Labute approximate surface area is 156 Å². The third kappa shape index (κ3) is 3.13. The Hall–Kier alpha value is -3.67. The zero-order chi connectivity index (χ0) is 18.8. The minimum absolute atomic E-state index is 0.171. The fourth-order valence-corrected chi connectivity index (χ4v) is 2.98. The normalized spacial score (nSPS) is 10.7. The molecule has 2 aromatic carbocycles. The third-order valence-electron chi connectivity index (χ3n) is 4.27. The van der Waals surface area contributed by atoms with Crippen LogP contribution in [0.5, 0.6) is 5.75 Å². The Morgan fingerprint density at radius 2 is 1.85 bits per heavy atom. The number of rotatable bonds is 4. The Bertz CT molecular complexity index is 1160. The Kier molecular flexibility index (Phi) is 4.30. The van der Waals surface area contributed by atoms with E-state index in [1.807, 2.05) is 55.5 Å². The number of aryl methyl sites for hydroxylation is 1. The minimum Gasteiger partial charge on any atom is -0.494 e. The van der Waals surface area contributed by atoms with Gasteiger partial charge in [0.05, 0.1) is 24.7 Å². The van der Waals surface area contributed by atoms with Crippen molar-refractivity contribution in [2.45, 2.75) is 6.92 Å². The van der Waals surface area contributed by atoms with Crippen molar-refractivity contribution in [3.05, 3.63) is 88.8 Å². The molecule has 0 fully saturated rings. The summed E-state index contributed by atoms with van der Waals surface area (Å²) in [6.45, 7) is 2.02. The van der Waals surface area contributed by atoms with Crippen LogP contribution in [0, 0.1) is 6.92 Å². The van der Waals surface area contributed by atoms with Gasteiger partial charge in [0.25, 0.3) is 0 Å². The smallest absolute Gasteiger partial charge is 0.209 e. The van der Waals surface area contributed by atoms with E-state index in [1.54, 1.807) is 34.9 Å². The number of hydrogen-bond acceptors (Lipinski definition) is 4. The lowest BCUT2D eigenvalue weighted by Gasteiger charge is -2.12. The zero-order valence-electron chi connectivity index (χ0n) is 15.0. The van der Waals surface area contributed by atoms with Crippen LogP contribution in [0.1, 0.15) is 5.56 Å². The molecule has 6 nitrogen and oxygen atoms in total. The summed E-state index contributed by atoms with van der Waals surface area (Å²) < 4.78 is 8.80. The summed E-state index contributed by atoms with van der Waals surface area (Å²) in [4.78, 5) is 12.6. The van der Waals surface area contributed by atoms with Crippen molar-refractivity contribution in [3.63, 3.8) is 0 Å². The van der Waals surface area contributed by atoms with Crippen LogP contribution in [0.15, 0.2) is 77.9 Å². The zero-order valence-corrected chi connectivity index (χ0v) is 15.0. The summed E-state index contributed by atoms with van der Waals surface area (Å²) >= 11 is 0. The maximum Gasteiger partial charge on any atom is 0.209 e. The van der Waals surface area contributed by atoms with E-state index in [2.05, 4.69) is 10.2 Å². The first-order chi connectivity index (χ1) is 13.2. The van der Waals surface area contributed by atoms with E-state index in [9.17, 15) is 4.79 Å². The molecule has 0 unspecified atom stereocenters. The van der Waals surface area contributed by atoms with Crippen LogP contribution in [0.3, 0.4) is 0 Å². The van der Waals surface area contributed by atoms with Gasteiger partial charge in [-0.15, -0.1) is 0 Å². The molecule has 6 heteroatoms. The summed E-state index contributed by atoms with van der Waals surface area (Å²) in [6, 6.07) is 18.8. The van der Waals surface area contributed by atoms with Crippen LogP contribution in [0.2, 0.25) is 0 Å². The molecule has 0 bridgehead atoms. The van der Waals surface area contributed by atoms with Crippen molar-refractivity contribution in [3.8, 4) is 28.5 Å². The van der Waals surface area contributed by atoms with Gasteiger partial charge >= 0.3 is 0 Å². The predicted molar refractivity (Wildman–Crippen MR) is 104 cm³/mol. The van der Waals surface area contributed by atoms with E-state index in [0.29, 0.717) is 17.1 Å². The maximum absolute atomic E-state index is 12.6. The molecular weight excluding hydrogens is 340 g/mol. The Morgan fingerprint density at radius 3 is 2.67 bits per heavy atom. The monoisotopic (exact) mass is 358 g/mol. The Balaban J connectivity index is 1.87. The van der Waals surface area contributed by atoms with Crippen molar-refractivity contribution < 1.29 is 4.74 Å². The first-order valence-corrected chi connectivity index (χ1v) is 8.52. The van der Waals surface area contributed by atoms with Gasteiger partial charge < -0.3 is 4.74 Å². The molecule has 2 heterocycles. The average molecular weight is 358 g/mol. The highest BCUT2D eigenvalue weighted by atomic mass is 16.5. The molecule has 0 radical (unpaired) electrons. The van der Waals surface area contributed by atoms with Gasteiger partial charge in [-0.25, -0.2) is 9.36 Å². The molecule has 0 spiro atoms. The van der Waals surface area contributed by atoms with E-state index in [4.69, 9.17) is 4.74 Å². The fraction of sp³-hybridized carbons (Fsp3) is 0.0952. The van der Waals surface area contributed by atoms with Gasteiger partial charge in [-0.2, -0.15) is 10.2 Å². The highest BCUT2D eigenvalue weighted by molar-refractivity contribution is 5.59. The van der Waals surface area contributed by atoms with Gasteiger partial charge in [0.2, 0.25) is 5.43 Å². The molecule has 0 N–H and O–H groups in total. The van der Waals surface area contributed by atoms with Gasteiger partial charge in [-0.05, 0) is 42.8 Å². The predicted octanol–water partition coefficient (Wildman–Crippen LogP) is 3.40. The molecule has 0 saturated heterocycles. The van der Waals surface area contributed by atoms with Crippen LogP contribution < -0.4 is 10.2 Å². The maximum atomic E-state index is 12.6. The summed E-state index contributed by atoms with van der Waals surface area (Å²) in [5.41, 5.74) is 3.50. The lowest BCUT2D eigenvalue weighted by molar-refractivity contribution is 0.412. The second-order valence-electron chi connectivity index (χ2n) is 6.11. The Morgan fingerprint density at radius 1 is 1.00 bits per heavy atom. The van der Waals surface area contributed by atoms with Gasteiger partial charge in [0, 0.05) is 12.3 Å². The van der Waals surface area contributed by atoms with Crippen molar-refractivity contribution in [1.29, 1.82) is 0 Å². The SMILES string of the molecule is COc1ccccc1-n1nccc1-c1nn(-c2cccc(C)c2)ccc1=O. The van der Waals surface area contributed by atoms with Crippen molar-refractivity contribution >= 4 is 0 Å². The topological polar surface area (TPSA) is 61.9 Å². The summed E-state index contributed by atoms with van der Waals surface area (Å²) in [7, 11) is 1.60. The lowest BCUT2D eigenvalue weighted by Crippen LogP contribution is -2.15. The van der Waals surface area contributed by atoms with E-state index in [1.165, 1.54) is 6.07 Å². The number of nitrogens with zero attached hydrogens (tertiary/aromatic N) is 4. The van der Waals surface area contributed by atoms with Gasteiger partial charge in [-0.1, -0.05) is 24.3 Å². The second-order valence-corrected chi connectivity index (χ2v) is 6.11. The molecule has 0 aliphatic heterocycles. The van der Waals surface area contributed by atoms with Crippen LogP contribution in [-0.2, 0) is 0 Å². The van der Waals surface area contributed by atoms with Crippen molar-refractivity contribution in [2.24, 2.45) is 0 Å². The van der Waals surface area contributed by atoms with E-state index in [0.717, 1.165) is 16.9 Å². The number of hydrogen-bond donors (Lipinski definition) is 0. The van der Waals surface area contributed by atoms with Gasteiger partial charge in [0.1, 0.15) is 11.4 Å². The first kappa shape index (κ1) is 16.8. The van der Waals surface area contributed by atoms with Gasteiger partial charge in [-0.3, -0.25) is 4.79 Å². The molecule has 27 heavy (non-hydrogen) atoms. The molecule has 4 rings (SSSR count). The molecule has 0 atom stereocenters. The van der Waals surface area contributed by atoms with E-state index >= 15 is 0 Å². The summed E-state index contributed by atoms with van der Waals surface area (Å²) in [5.74, 6) is 0.664. The minimum atomic E-state index is -0.171. The second kappa shape index (κ2) is 6.92. The summed E-state index contributed by atoms with van der Waals surface area (Å²) in [5, 5.41) is 8.95. The quantitative estimate of drug-likeness (QED) is 0.561. The van der Waals surface area contributed by atoms with Crippen molar-refractivity contribution in [2.75, 3.05) is 7.11 Å². The number of ether oxygens (including phenoxy) is 1. The van der Waals surface area contributed by atoms with Crippen LogP contribution in [0.25, 0.3) is 22.8 Å². The molecule has 2 aromatic heterocycles. The molecule has 4 aromatic rings. The van der Waals surface area contributed by atoms with Crippen LogP contribution in [0.4, 0.5) is 0 Å². The molecular formula is C21H18N4O2. The lowest BCUT2D eigenvalue weighted by atomic mass is 10.2. The van der Waals surface area contributed by atoms with Crippen LogP contribution >= 0.6 is 0 Å². The number of benzene rings is 2. The number of methoxy groups -OCH3 is 1. The summed E-state index contributed by atoms with van der Waals surface area (Å²) in [6.07, 6.45) is 3.32. The average Bonchev–Trinajstić information content (AvgIpc) is 3.17. The molecule has 0 aliphatic carbocycles. The largest absolute Gasteiger partial charge is 0.494 e. The van der Waals surface area contributed by atoms with E-state index < -0.39 is 0 Å². The highest BCUT2D eigenvalue weighted by Gasteiger charge is 2.15. The van der Waals surface area contributed by atoms with Gasteiger partial charge in [0.15, 0.2) is 5.69 Å². The standard InChI is InChI=1S/C21H18N4O2/c1-15-6-5-7-16(14-15)24-13-11-19(26)21(23-24)18-10-12-22-25(18)17-8-3-4-9-20(17)27-2/h3-14H,1-2H3. The van der Waals surface area contributed by atoms with Crippen LogP contribution in [-0.4, -0.2) is 26.7 Å². The van der Waals surface area contributed by atoms with E-state index in [-0.39, 0.29) is 5.43 Å². The third-order valence-corrected chi connectivity index (χ3v) is 4.27. The number of para-hydroxylation sites is 2. The fourth-order valence-electron chi connectivity index (χ4n) is 2.98. The number of aromatic nitrogens is 4. The molecule has 0 amide bonds. The molecule has 134 valence electrons. The van der Waals surface area contributed by atoms with Crippen molar-refractivity contribution in [1.82, 2.24) is 19.6 Å². The molecule has 0 saturated carbocycles. The first-order valence-electron chi connectivity index (χ1n) is 8.52. The molecule has 0 aliphatic rings.